The van der Waals surface area contributed by atoms with E-state index in [1.165, 1.54) is 11.3 Å². The first-order valence-electron chi connectivity index (χ1n) is 10.7. The van der Waals surface area contributed by atoms with Crippen molar-refractivity contribution in [3.05, 3.63) is 90.5 Å². The van der Waals surface area contributed by atoms with E-state index < -0.39 is 0 Å². The van der Waals surface area contributed by atoms with Gasteiger partial charge in [0, 0.05) is 50.9 Å². The lowest BCUT2D eigenvalue weighted by molar-refractivity contribution is 0.160. The Bertz CT molecular complexity index is 893. The second-order valence-corrected chi connectivity index (χ2v) is 7.65. The first-order valence-corrected chi connectivity index (χ1v) is 10.7. The predicted octanol–water partition coefficient (Wildman–Crippen LogP) is 5.03. The van der Waals surface area contributed by atoms with E-state index in [0.717, 1.165) is 50.6 Å². The largest absolute Gasteiger partial charge is 0.497 e. The number of rotatable bonds is 8. The minimum absolute atomic E-state index is 0.0189. The molecule has 3 aromatic rings. The SMILES string of the molecule is COc1cccc(OC(CCN2CCN(c3ccccc3)CC2)c2ccccc2)c1. The molecule has 1 aliphatic rings. The summed E-state index contributed by atoms with van der Waals surface area (Å²) in [5.41, 5.74) is 2.53. The van der Waals surface area contributed by atoms with Crippen LogP contribution >= 0.6 is 0 Å². The Labute approximate surface area is 179 Å². The number of piperazine rings is 1. The molecule has 0 radical (unpaired) electrons. The summed E-state index contributed by atoms with van der Waals surface area (Å²) in [6.45, 7) is 5.31. The molecule has 1 aliphatic heterocycles. The minimum atomic E-state index is 0.0189. The second kappa shape index (κ2) is 10.2. The third kappa shape index (κ3) is 5.33. The number of nitrogens with zero attached hydrogens (tertiary/aromatic N) is 2. The Morgan fingerprint density at radius 1 is 0.767 bits per heavy atom. The van der Waals surface area contributed by atoms with E-state index in [0.29, 0.717) is 0 Å². The third-order valence-corrected chi connectivity index (χ3v) is 5.69. The highest BCUT2D eigenvalue weighted by molar-refractivity contribution is 5.46. The average Bonchev–Trinajstić information content (AvgIpc) is 2.83. The van der Waals surface area contributed by atoms with Crippen LogP contribution in [0.5, 0.6) is 11.5 Å². The predicted molar refractivity (Wildman–Crippen MR) is 123 cm³/mol. The van der Waals surface area contributed by atoms with Crippen LogP contribution in [-0.2, 0) is 0 Å². The van der Waals surface area contributed by atoms with Crippen molar-refractivity contribution < 1.29 is 9.47 Å². The fraction of sp³-hybridized carbons (Fsp3) is 0.308. The van der Waals surface area contributed by atoms with Gasteiger partial charge in [0.1, 0.15) is 17.6 Å². The van der Waals surface area contributed by atoms with E-state index >= 15 is 0 Å². The van der Waals surface area contributed by atoms with Gasteiger partial charge in [0.15, 0.2) is 0 Å². The van der Waals surface area contributed by atoms with Gasteiger partial charge in [-0.1, -0.05) is 54.6 Å². The van der Waals surface area contributed by atoms with Crippen LogP contribution in [0.3, 0.4) is 0 Å². The fourth-order valence-corrected chi connectivity index (χ4v) is 3.97. The van der Waals surface area contributed by atoms with Gasteiger partial charge in [-0.25, -0.2) is 0 Å². The lowest BCUT2D eigenvalue weighted by Gasteiger charge is -2.36. The molecule has 156 valence electrons. The molecule has 0 aromatic heterocycles. The molecule has 0 bridgehead atoms. The number of hydrogen-bond acceptors (Lipinski definition) is 4. The van der Waals surface area contributed by atoms with Crippen molar-refractivity contribution >= 4 is 5.69 Å². The van der Waals surface area contributed by atoms with Gasteiger partial charge in [-0.15, -0.1) is 0 Å². The molecule has 0 aliphatic carbocycles. The van der Waals surface area contributed by atoms with Gasteiger partial charge in [0.2, 0.25) is 0 Å². The maximum atomic E-state index is 6.41. The number of para-hydroxylation sites is 1. The normalized spacial score (nSPS) is 15.6. The lowest BCUT2D eigenvalue weighted by atomic mass is 10.1. The highest BCUT2D eigenvalue weighted by Gasteiger charge is 2.20. The Kier molecular flexibility index (Phi) is 6.88. The number of hydrogen-bond donors (Lipinski definition) is 0. The van der Waals surface area contributed by atoms with Crippen molar-refractivity contribution in [3.63, 3.8) is 0 Å². The van der Waals surface area contributed by atoms with Crippen molar-refractivity contribution in [2.75, 3.05) is 44.7 Å². The molecule has 1 heterocycles. The Morgan fingerprint density at radius 2 is 1.43 bits per heavy atom. The van der Waals surface area contributed by atoms with Crippen LogP contribution in [0, 0.1) is 0 Å². The molecule has 1 saturated heterocycles. The molecule has 0 amide bonds. The Balaban J connectivity index is 1.37. The molecule has 0 saturated carbocycles. The monoisotopic (exact) mass is 402 g/mol. The standard InChI is InChI=1S/C26H30N2O2/c1-29-24-13-8-14-25(21-24)30-26(22-9-4-2-5-10-22)15-16-27-17-19-28(20-18-27)23-11-6-3-7-12-23/h2-14,21,26H,15-20H2,1H3. The molecule has 4 heteroatoms. The number of methoxy groups -OCH3 is 1. The van der Waals surface area contributed by atoms with Crippen LogP contribution in [0.15, 0.2) is 84.9 Å². The van der Waals surface area contributed by atoms with Crippen molar-refractivity contribution in [1.82, 2.24) is 4.90 Å². The highest BCUT2D eigenvalue weighted by atomic mass is 16.5. The molecule has 4 rings (SSSR count). The van der Waals surface area contributed by atoms with Gasteiger partial charge in [-0.3, -0.25) is 4.90 Å². The molecular weight excluding hydrogens is 372 g/mol. The van der Waals surface area contributed by atoms with Crippen LogP contribution in [0.4, 0.5) is 5.69 Å². The smallest absolute Gasteiger partial charge is 0.125 e. The average molecular weight is 403 g/mol. The highest BCUT2D eigenvalue weighted by Crippen LogP contribution is 2.28. The number of benzene rings is 3. The summed E-state index contributed by atoms with van der Waals surface area (Å²) >= 11 is 0. The minimum Gasteiger partial charge on any atom is -0.497 e. The van der Waals surface area contributed by atoms with Gasteiger partial charge in [0.05, 0.1) is 7.11 Å². The first-order chi connectivity index (χ1) is 14.8. The summed E-state index contributed by atoms with van der Waals surface area (Å²) < 4.78 is 11.8. The Morgan fingerprint density at radius 3 is 2.13 bits per heavy atom. The van der Waals surface area contributed by atoms with E-state index in [9.17, 15) is 0 Å². The van der Waals surface area contributed by atoms with Crippen molar-refractivity contribution in [2.45, 2.75) is 12.5 Å². The first kappa shape index (κ1) is 20.3. The van der Waals surface area contributed by atoms with Gasteiger partial charge in [-0.05, 0) is 29.8 Å². The number of anilines is 1. The molecular formula is C26H30N2O2. The maximum Gasteiger partial charge on any atom is 0.125 e. The van der Waals surface area contributed by atoms with Crippen molar-refractivity contribution in [1.29, 1.82) is 0 Å². The van der Waals surface area contributed by atoms with Crippen molar-refractivity contribution in [3.8, 4) is 11.5 Å². The van der Waals surface area contributed by atoms with Crippen LogP contribution in [0.2, 0.25) is 0 Å². The van der Waals surface area contributed by atoms with E-state index in [-0.39, 0.29) is 6.10 Å². The Hall–Kier alpha value is -2.98. The topological polar surface area (TPSA) is 24.9 Å². The van der Waals surface area contributed by atoms with E-state index in [1.54, 1.807) is 7.11 Å². The van der Waals surface area contributed by atoms with Crippen molar-refractivity contribution in [2.24, 2.45) is 0 Å². The molecule has 0 N–H and O–H groups in total. The molecule has 0 spiro atoms. The van der Waals surface area contributed by atoms with E-state index in [4.69, 9.17) is 9.47 Å². The summed E-state index contributed by atoms with van der Waals surface area (Å²) in [5.74, 6) is 1.66. The third-order valence-electron chi connectivity index (χ3n) is 5.69. The summed E-state index contributed by atoms with van der Waals surface area (Å²) in [6.07, 6.45) is 0.970. The molecule has 30 heavy (non-hydrogen) atoms. The second-order valence-electron chi connectivity index (χ2n) is 7.65. The lowest BCUT2D eigenvalue weighted by Crippen LogP contribution is -2.46. The van der Waals surface area contributed by atoms with E-state index in [1.807, 2.05) is 24.3 Å². The zero-order chi connectivity index (χ0) is 20.6. The summed E-state index contributed by atoms with van der Waals surface area (Å²) in [6, 6.07) is 29.1. The molecule has 1 fully saturated rings. The summed E-state index contributed by atoms with van der Waals surface area (Å²) in [4.78, 5) is 5.02. The molecule has 3 aromatic carbocycles. The van der Waals surface area contributed by atoms with Gasteiger partial charge in [-0.2, -0.15) is 0 Å². The zero-order valence-electron chi connectivity index (χ0n) is 17.6. The molecule has 4 nitrogen and oxygen atoms in total. The van der Waals surface area contributed by atoms with Crippen LogP contribution < -0.4 is 14.4 Å². The fourth-order valence-electron chi connectivity index (χ4n) is 3.97. The summed E-state index contributed by atoms with van der Waals surface area (Å²) in [5, 5.41) is 0. The van der Waals surface area contributed by atoms with Gasteiger partial charge >= 0.3 is 0 Å². The van der Waals surface area contributed by atoms with Crippen LogP contribution in [0.1, 0.15) is 18.1 Å². The van der Waals surface area contributed by atoms with Gasteiger partial charge in [0.25, 0.3) is 0 Å². The van der Waals surface area contributed by atoms with Crippen LogP contribution in [-0.4, -0.2) is 44.7 Å². The quantitative estimate of drug-likeness (QED) is 0.528. The molecule has 1 unspecified atom stereocenters. The van der Waals surface area contributed by atoms with Gasteiger partial charge < -0.3 is 14.4 Å². The molecule has 1 atom stereocenters. The maximum absolute atomic E-state index is 6.41. The summed E-state index contributed by atoms with van der Waals surface area (Å²) in [7, 11) is 1.68. The zero-order valence-corrected chi connectivity index (χ0v) is 17.6. The van der Waals surface area contributed by atoms with Crippen LogP contribution in [0.25, 0.3) is 0 Å². The number of ether oxygens (including phenoxy) is 2. The van der Waals surface area contributed by atoms with E-state index in [2.05, 4.69) is 70.5 Å².